The van der Waals surface area contributed by atoms with Gasteiger partial charge in [-0.05, 0) is 27.7 Å². The number of esters is 2. The number of ether oxygens (including phenoxy) is 1. The molecule has 2 N–H and O–H groups in total. The van der Waals surface area contributed by atoms with Crippen molar-refractivity contribution in [3.05, 3.63) is 0 Å². The van der Waals surface area contributed by atoms with Gasteiger partial charge >= 0.3 is 11.9 Å². The largest absolute Gasteiger partial charge is 0.390 e. The van der Waals surface area contributed by atoms with E-state index in [9.17, 15) is 9.59 Å². The van der Waals surface area contributed by atoms with Gasteiger partial charge in [0.1, 0.15) is 0 Å². The number of nitrogens with one attached hydrogen (secondary N) is 2. The highest BCUT2D eigenvalue weighted by atomic mass is 16.6. The lowest BCUT2D eigenvalue weighted by atomic mass is 9.78. The first-order valence-corrected chi connectivity index (χ1v) is 5.07. The van der Waals surface area contributed by atoms with Gasteiger partial charge in [-0.3, -0.25) is 10.6 Å². The molecule has 3 fully saturated rings. The Morgan fingerprint density at radius 1 is 0.867 bits per heavy atom. The van der Waals surface area contributed by atoms with E-state index < -0.39 is 23.0 Å². The molecule has 3 saturated heterocycles. The molecule has 3 aliphatic heterocycles. The summed E-state index contributed by atoms with van der Waals surface area (Å²) >= 11 is 0. The van der Waals surface area contributed by atoms with Crippen molar-refractivity contribution < 1.29 is 14.3 Å². The van der Waals surface area contributed by atoms with E-state index in [2.05, 4.69) is 10.6 Å². The molecule has 2 spiro atoms. The Hall–Kier alpha value is -0.940. The molecule has 0 aliphatic carbocycles. The molecule has 15 heavy (non-hydrogen) atoms. The number of cyclic esters (lactones) is 2. The van der Waals surface area contributed by atoms with E-state index in [1.165, 1.54) is 0 Å². The second-order valence-electron chi connectivity index (χ2n) is 5.68. The topological polar surface area (TPSA) is 87.2 Å². The quantitative estimate of drug-likeness (QED) is 0.314. The van der Waals surface area contributed by atoms with Crippen LogP contribution in [-0.2, 0) is 14.3 Å². The summed E-state index contributed by atoms with van der Waals surface area (Å²) in [5, 5.41) is 6.23. The fourth-order valence-electron chi connectivity index (χ4n) is 3.16. The van der Waals surface area contributed by atoms with Crippen molar-refractivity contribution in [2.24, 2.45) is 0 Å². The minimum atomic E-state index is -0.861. The van der Waals surface area contributed by atoms with Crippen molar-refractivity contribution in [2.45, 2.75) is 49.9 Å². The van der Waals surface area contributed by atoms with E-state index in [0.29, 0.717) is 0 Å². The Morgan fingerprint density at radius 2 is 1.13 bits per heavy atom. The number of rotatable bonds is 0. The van der Waals surface area contributed by atoms with Gasteiger partial charge in [0.15, 0.2) is 11.1 Å². The van der Waals surface area contributed by atoms with Crippen molar-refractivity contribution in [2.75, 3.05) is 0 Å². The van der Waals surface area contributed by atoms with Crippen LogP contribution < -0.4 is 10.6 Å². The summed E-state index contributed by atoms with van der Waals surface area (Å²) in [5.74, 6) is -0.897. The monoisotopic (exact) mass is 210 g/mol. The maximum absolute atomic E-state index is 11.8. The first kappa shape index (κ1) is 9.30. The number of fused-ring (bicyclic) bond motifs is 1. The summed E-state index contributed by atoms with van der Waals surface area (Å²) in [6, 6.07) is 0. The molecule has 0 aromatic heterocycles. The van der Waals surface area contributed by atoms with Crippen LogP contribution >= 0.6 is 0 Å². The number of hydrogen-bond donors (Lipinski definition) is 2. The highest BCUT2D eigenvalue weighted by Crippen LogP contribution is 2.61. The molecule has 0 saturated carbocycles. The molecule has 0 aromatic rings. The summed E-state index contributed by atoms with van der Waals surface area (Å²) in [6.45, 7) is 7.63. The highest BCUT2D eigenvalue weighted by Gasteiger charge is 2.94. The summed E-state index contributed by atoms with van der Waals surface area (Å²) in [6.07, 6.45) is 0. The van der Waals surface area contributed by atoms with Crippen LogP contribution in [-0.4, -0.2) is 34.1 Å². The first-order valence-electron chi connectivity index (χ1n) is 5.07. The van der Waals surface area contributed by atoms with E-state index in [1.54, 1.807) is 0 Å². The summed E-state index contributed by atoms with van der Waals surface area (Å²) < 4.78 is 4.79. The third-order valence-corrected chi connectivity index (χ3v) is 4.11. The third kappa shape index (κ3) is 0.637. The molecular formula is C10H14N2O3. The minimum Gasteiger partial charge on any atom is -0.390 e. The third-order valence-electron chi connectivity index (χ3n) is 4.11. The van der Waals surface area contributed by atoms with Gasteiger partial charge in [0.05, 0.1) is 0 Å². The molecule has 3 rings (SSSR count). The van der Waals surface area contributed by atoms with Crippen LogP contribution in [0.15, 0.2) is 0 Å². The second kappa shape index (κ2) is 1.85. The molecule has 5 heteroatoms. The zero-order chi connectivity index (χ0) is 11.3. The lowest BCUT2D eigenvalue weighted by molar-refractivity contribution is -0.153. The molecule has 0 bridgehead atoms. The molecule has 2 unspecified atom stereocenters. The Morgan fingerprint density at radius 3 is 1.33 bits per heavy atom. The summed E-state index contributed by atoms with van der Waals surface area (Å²) in [7, 11) is 0. The van der Waals surface area contributed by atoms with Gasteiger partial charge < -0.3 is 4.74 Å². The molecule has 3 aliphatic rings. The number of hydrogen-bond acceptors (Lipinski definition) is 5. The predicted octanol–water partition coefficient (Wildman–Crippen LogP) is -0.689. The Bertz CT molecular complexity index is 377. The van der Waals surface area contributed by atoms with Crippen LogP contribution in [0.5, 0.6) is 0 Å². The normalized spacial score (nSPS) is 48.5. The number of carbonyl (C=O) groups excluding carboxylic acids is 2. The first-order chi connectivity index (χ1) is 6.71. The molecule has 3 heterocycles. The van der Waals surface area contributed by atoms with E-state index in [-0.39, 0.29) is 11.1 Å². The zero-order valence-electron chi connectivity index (χ0n) is 9.22. The van der Waals surface area contributed by atoms with Crippen molar-refractivity contribution >= 4 is 11.9 Å². The van der Waals surface area contributed by atoms with Crippen LogP contribution in [0.1, 0.15) is 27.7 Å². The molecule has 2 atom stereocenters. The lowest BCUT2D eigenvalue weighted by Gasteiger charge is -2.13. The van der Waals surface area contributed by atoms with E-state index in [4.69, 9.17) is 4.74 Å². The van der Waals surface area contributed by atoms with Crippen molar-refractivity contribution in [3.8, 4) is 0 Å². The number of carbonyl (C=O) groups is 2. The van der Waals surface area contributed by atoms with Crippen molar-refractivity contribution in [1.29, 1.82) is 0 Å². The van der Waals surface area contributed by atoms with Gasteiger partial charge in [-0.25, -0.2) is 9.59 Å². The summed E-state index contributed by atoms with van der Waals surface area (Å²) in [5.41, 5.74) is -2.48. The predicted molar refractivity (Wildman–Crippen MR) is 51.0 cm³/mol. The van der Waals surface area contributed by atoms with Crippen LogP contribution in [0, 0.1) is 0 Å². The van der Waals surface area contributed by atoms with Crippen molar-refractivity contribution in [3.63, 3.8) is 0 Å². The van der Waals surface area contributed by atoms with Crippen LogP contribution in [0.2, 0.25) is 0 Å². The molecule has 0 radical (unpaired) electrons. The fourth-order valence-corrected chi connectivity index (χ4v) is 3.16. The highest BCUT2D eigenvalue weighted by molar-refractivity contribution is 6.14. The maximum atomic E-state index is 11.8. The van der Waals surface area contributed by atoms with Gasteiger partial charge in [0, 0.05) is 11.1 Å². The van der Waals surface area contributed by atoms with Gasteiger partial charge in [0.25, 0.3) is 0 Å². The Labute approximate surface area is 87.5 Å². The maximum Gasteiger partial charge on any atom is 0.338 e. The van der Waals surface area contributed by atoms with E-state index in [1.807, 2.05) is 27.7 Å². The smallest absolute Gasteiger partial charge is 0.338 e. The van der Waals surface area contributed by atoms with Crippen LogP contribution in [0.25, 0.3) is 0 Å². The molecule has 5 nitrogen and oxygen atoms in total. The van der Waals surface area contributed by atoms with E-state index >= 15 is 0 Å². The van der Waals surface area contributed by atoms with Gasteiger partial charge in [0.2, 0.25) is 0 Å². The van der Waals surface area contributed by atoms with Crippen LogP contribution in [0.4, 0.5) is 0 Å². The minimum absolute atomic E-state index is 0.378. The Balaban J connectivity index is 2.16. The standard InChI is InChI=1S/C10H14N2O3/c1-7(2)9(11-7)5(13)15-6(14)10(9)8(3,4)12-10/h11-12H,1-4H3. The van der Waals surface area contributed by atoms with Gasteiger partial charge in [-0.15, -0.1) is 0 Å². The van der Waals surface area contributed by atoms with Crippen LogP contribution in [0.3, 0.4) is 0 Å². The SMILES string of the molecule is CC1(C)NC12C(=O)OC(=O)C21NC1(C)C. The average molecular weight is 210 g/mol. The second-order valence-corrected chi connectivity index (χ2v) is 5.68. The average Bonchev–Trinajstić information content (AvgIpc) is 2.81. The molecule has 82 valence electrons. The molecular weight excluding hydrogens is 196 g/mol. The van der Waals surface area contributed by atoms with Gasteiger partial charge in [-0.2, -0.15) is 0 Å². The molecule has 0 amide bonds. The Kier molecular flexibility index (Phi) is 1.15. The fraction of sp³-hybridized carbons (Fsp3) is 0.800. The lowest BCUT2D eigenvalue weighted by Crippen LogP contribution is -2.47. The van der Waals surface area contributed by atoms with Gasteiger partial charge in [-0.1, -0.05) is 0 Å². The molecule has 0 aromatic carbocycles. The van der Waals surface area contributed by atoms with Crippen molar-refractivity contribution in [1.82, 2.24) is 10.6 Å². The van der Waals surface area contributed by atoms with E-state index in [0.717, 1.165) is 0 Å². The summed E-state index contributed by atoms with van der Waals surface area (Å²) in [4.78, 5) is 23.6. The zero-order valence-corrected chi connectivity index (χ0v) is 9.22.